The van der Waals surface area contributed by atoms with Crippen molar-refractivity contribution < 1.29 is 9.90 Å². The molecule has 1 heterocycles. The van der Waals surface area contributed by atoms with Crippen molar-refractivity contribution in [2.45, 2.75) is 51.2 Å². The van der Waals surface area contributed by atoms with E-state index < -0.39 is 6.10 Å². The van der Waals surface area contributed by atoms with Crippen molar-refractivity contribution >= 4 is 6.03 Å². The Morgan fingerprint density at radius 2 is 1.78 bits per heavy atom. The first-order chi connectivity index (χ1) is 11.1. The molecular weight excluding hydrogens is 288 g/mol. The second-order valence-electron chi connectivity index (χ2n) is 7.11. The highest BCUT2D eigenvalue weighted by Crippen LogP contribution is 2.31. The van der Waals surface area contributed by atoms with Crippen molar-refractivity contribution in [3.63, 3.8) is 0 Å². The predicted octanol–water partition coefficient (Wildman–Crippen LogP) is 3.33. The summed E-state index contributed by atoms with van der Waals surface area (Å²) in [6, 6.07) is 10.2. The molecule has 0 bridgehead atoms. The molecule has 2 unspecified atom stereocenters. The van der Waals surface area contributed by atoms with E-state index in [1.807, 2.05) is 35.2 Å². The first-order valence-electron chi connectivity index (χ1n) is 8.93. The van der Waals surface area contributed by atoms with Gasteiger partial charge < -0.3 is 15.3 Å². The van der Waals surface area contributed by atoms with Crippen molar-refractivity contribution in [1.29, 1.82) is 0 Å². The lowest BCUT2D eigenvalue weighted by Crippen LogP contribution is -2.50. The third-order valence-corrected chi connectivity index (χ3v) is 5.62. The summed E-state index contributed by atoms with van der Waals surface area (Å²) in [6.45, 7) is 3.59. The first kappa shape index (κ1) is 16.3. The van der Waals surface area contributed by atoms with Gasteiger partial charge in [0.05, 0.1) is 6.10 Å². The molecule has 2 atom stereocenters. The van der Waals surface area contributed by atoms with E-state index in [2.05, 4.69) is 12.2 Å². The van der Waals surface area contributed by atoms with Crippen LogP contribution in [0.5, 0.6) is 0 Å². The smallest absolute Gasteiger partial charge is 0.317 e. The van der Waals surface area contributed by atoms with Crippen LogP contribution in [0.2, 0.25) is 0 Å². The number of benzene rings is 1. The molecule has 4 nitrogen and oxygen atoms in total. The van der Waals surface area contributed by atoms with Crippen LogP contribution in [0.15, 0.2) is 30.3 Å². The molecule has 3 rings (SSSR count). The number of hydrogen-bond acceptors (Lipinski definition) is 2. The molecule has 2 aliphatic rings. The number of piperidine rings is 1. The van der Waals surface area contributed by atoms with Crippen LogP contribution >= 0.6 is 0 Å². The Hall–Kier alpha value is -1.55. The number of amides is 2. The average molecular weight is 316 g/mol. The number of nitrogens with zero attached hydrogens (tertiary/aromatic N) is 1. The van der Waals surface area contributed by atoms with E-state index in [9.17, 15) is 9.90 Å². The van der Waals surface area contributed by atoms with Crippen LogP contribution in [-0.4, -0.2) is 35.2 Å². The summed E-state index contributed by atoms with van der Waals surface area (Å²) in [7, 11) is 0. The zero-order valence-corrected chi connectivity index (χ0v) is 13.9. The topological polar surface area (TPSA) is 52.6 Å². The second-order valence-corrected chi connectivity index (χ2v) is 7.11. The molecule has 1 aromatic carbocycles. The lowest BCUT2D eigenvalue weighted by Gasteiger charge is -2.37. The lowest BCUT2D eigenvalue weighted by atomic mass is 9.80. The van der Waals surface area contributed by atoms with Gasteiger partial charge in [0.15, 0.2) is 0 Å². The van der Waals surface area contributed by atoms with Crippen LogP contribution in [0, 0.1) is 11.8 Å². The quantitative estimate of drug-likeness (QED) is 0.895. The predicted molar refractivity (Wildman–Crippen MR) is 91.0 cm³/mol. The molecule has 2 fully saturated rings. The van der Waals surface area contributed by atoms with E-state index in [0.29, 0.717) is 5.92 Å². The maximum Gasteiger partial charge on any atom is 0.317 e. The van der Waals surface area contributed by atoms with E-state index in [4.69, 9.17) is 0 Å². The van der Waals surface area contributed by atoms with Crippen LogP contribution < -0.4 is 5.32 Å². The maximum absolute atomic E-state index is 12.4. The summed E-state index contributed by atoms with van der Waals surface area (Å²) in [6.07, 6.45) is 5.09. The van der Waals surface area contributed by atoms with Gasteiger partial charge in [-0.1, -0.05) is 36.8 Å². The number of carbonyl (C=O) groups excluding carboxylic acids is 1. The van der Waals surface area contributed by atoms with Crippen molar-refractivity contribution in [2.24, 2.45) is 11.8 Å². The summed E-state index contributed by atoms with van der Waals surface area (Å²) in [5.41, 5.74) is 0.981. The molecule has 1 saturated heterocycles. The molecule has 0 radical (unpaired) electrons. The fourth-order valence-corrected chi connectivity index (χ4v) is 3.68. The van der Waals surface area contributed by atoms with Crippen LogP contribution in [0.4, 0.5) is 4.79 Å². The highest BCUT2D eigenvalue weighted by molar-refractivity contribution is 5.74. The molecule has 4 heteroatoms. The van der Waals surface area contributed by atoms with Gasteiger partial charge in [0, 0.05) is 19.1 Å². The number of likely N-dealkylation sites (tertiary alicyclic amines) is 1. The summed E-state index contributed by atoms with van der Waals surface area (Å²) in [5.74, 6) is 0.905. The summed E-state index contributed by atoms with van der Waals surface area (Å²) >= 11 is 0. The van der Waals surface area contributed by atoms with Crippen molar-refractivity contribution in [2.75, 3.05) is 13.1 Å². The van der Waals surface area contributed by atoms with Crippen molar-refractivity contribution in [3.05, 3.63) is 35.9 Å². The standard InChI is InChI=1S/C19H28N2O2/c1-14(15-8-5-9-15)20-19(23)21-12-10-17(11-13-21)18(22)16-6-3-2-4-7-16/h2-4,6-7,14-15,17-18,22H,5,8-13H2,1H3,(H,20,23). The zero-order valence-electron chi connectivity index (χ0n) is 13.9. The Morgan fingerprint density at radius 3 is 2.35 bits per heavy atom. The Labute approximate surface area is 138 Å². The van der Waals surface area contributed by atoms with E-state index in [0.717, 1.165) is 31.5 Å². The third-order valence-electron chi connectivity index (χ3n) is 5.62. The van der Waals surface area contributed by atoms with Crippen LogP contribution in [0.3, 0.4) is 0 Å². The lowest BCUT2D eigenvalue weighted by molar-refractivity contribution is 0.0655. The number of nitrogens with one attached hydrogen (secondary N) is 1. The molecule has 1 saturated carbocycles. The fourth-order valence-electron chi connectivity index (χ4n) is 3.68. The Balaban J connectivity index is 1.47. The van der Waals surface area contributed by atoms with Gasteiger partial charge in [-0.15, -0.1) is 0 Å². The molecule has 23 heavy (non-hydrogen) atoms. The largest absolute Gasteiger partial charge is 0.388 e. The average Bonchev–Trinajstić information content (AvgIpc) is 2.53. The van der Waals surface area contributed by atoms with Gasteiger partial charge >= 0.3 is 6.03 Å². The number of urea groups is 1. The second kappa shape index (κ2) is 7.35. The number of hydrogen-bond donors (Lipinski definition) is 2. The molecule has 1 aromatic rings. The normalized spacial score (nSPS) is 22.3. The Morgan fingerprint density at radius 1 is 1.13 bits per heavy atom. The number of carbonyl (C=O) groups is 1. The van der Waals surface area contributed by atoms with Gasteiger partial charge in [-0.25, -0.2) is 4.79 Å². The van der Waals surface area contributed by atoms with Gasteiger partial charge in [-0.2, -0.15) is 0 Å². The fraction of sp³-hybridized carbons (Fsp3) is 0.632. The third kappa shape index (κ3) is 3.86. The molecular formula is C19H28N2O2. The SMILES string of the molecule is CC(NC(=O)N1CCC(C(O)c2ccccc2)CC1)C1CCC1. The zero-order chi connectivity index (χ0) is 16.2. The minimum absolute atomic E-state index is 0.0667. The molecule has 0 spiro atoms. The number of aliphatic hydroxyl groups excluding tert-OH is 1. The number of aliphatic hydroxyl groups is 1. The first-order valence-corrected chi connectivity index (χ1v) is 8.93. The highest BCUT2D eigenvalue weighted by atomic mass is 16.3. The molecule has 1 aliphatic carbocycles. The van der Waals surface area contributed by atoms with Crippen LogP contribution in [0.1, 0.15) is 50.7 Å². The van der Waals surface area contributed by atoms with Gasteiger partial charge in [0.2, 0.25) is 0 Å². The molecule has 1 aliphatic heterocycles. The van der Waals surface area contributed by atoms with Gasteiger partial charge in [-0.05, 0) is 50.0 Å². The monoisotopic (exact) mass is 316 g/mol. The van der Waals surface area contributed by atoms with Gasteiger partial charge in [0.1, 0.15) is 0 Å². The van der Waals surface area contributed by atoms with E-state index in [-0.39, 0.29) is 18.0 Å². The summed E-state index contributed by atoms with van der Waals surface area (Å²) in [5, 5.41) is 13.7. The highest BCUT2D eigenvalue weighted by Gasteiger charge is 2.30. The molecule has 2 amide bonds. The minimum atomic E-state index is -0.421. The summed E-state index contributed by atoms with van der Waals surface area (Å²) in [4.78, 5) is 14.3. The molecule has 0 aromatic heterocycles. The maximum atomic E-state index is 12.4. The van der Waals surface area contributed by atoms with E-state index >= 15 is 0 Å². The van der Waals surface area contributed by atoms with Crippen molar-refractivity contribution in [3.8, 4) is 0 Å². The van der Waals surface area contributed by atoms with Crippen LogP contribution in [-0.2, 0) is 0 Å². The molecule has 2 N–H and O–H groups in total. The van der Waals surface area contributed by atoms with E-state index in [1.54, 1.807) is 0 Å². The minimum Gasteiger partial charge on any atom is -0.388 e. The summed E-state index contributed by atoms with van der Waals surface area (Å²) < 4.78 is 0. The Bertz CT molecular complexity index is 507. The van der Waals surface area contributed by atoms with Crippen LogP contribution in [0.25, 0.3) is 0 Å². The molecule has 126 valence electrons. The van der Waals surface area contributed by atoms with Gasteiger partial charge in [-0.3, -0.25) is 0 Å². The van der Waals surface area contributed by atoms with Crippen molar-refractivity contribution in [1.82, 2.24) is 10.2 Å². The van der Waals surface area contributed by atoms with E-state index in [1.165, 1.54) is 19.3 Å². The number of rotatable bonds is 4. The van der Waals surface area contributed by atoms with Gasteiger partial charge in [0.25, 0.3) is 0 Å². The Kier molecular flexibility index (Phi) is 5.21.